The lowest BCUT2D eigenvalue weighted by molar-refractivity contribution is -0.118. The molecule has 2 rings (SSSR count). The number of thiol groups is 1. The fourth-order valence-electron chi connectivity index (χ4n) is 2.46. The van der Waals surface area contributed by atoms with Crippen LogP contribution in [-0.2, 0) is 4.74 Å². The number of benzene rings is 1. The molecule has 1 amide bonds. The number of rotatable bonds is 1. The van der Waals surface area contributed by atoms with Crippen LogP contribution in [0.25, 0.3) is 0 Å². The fraction of sp³-hybridized carbons (Fsp3) is 0.500. The fourth-order valence-corrected chi connectivity index (χ4v) is 3.08. The number of hydrogen-bond acceptors (Lipinski definition) is 3. The van der Waals surface area contributed by atoms with Crippen molar-refractivity contribution in [2.75, 3.05) is 13.1 Å². The highest BCUT2D eigenvalue weighted by atomic mass is 79.9. The van der Waals surface area contributed by atoms with Crippen LogP contribution < -0.4 is 0 Å². The first-order valence-corrected chi connectivity index (χ1v) is 7.48. The van der Waals surface area contributed by atoms with Crippen LogP contribution >= 0.6 is 28.6 Å². The highest BCUT2D eigenvalue weighted by Gasteiger charge is 2.34. The Bertz CT molecular complexity index is 504. The molecule has 5 heteroatoms. The molecule has 0 radical (unpaired) electrons. The van der Waals surface area contributed by atoms with Crippen LogP contribution in [0.2, 0.25) is 0 Å². The summed E-state index contributed by atoms with van der Waals surface area (Å²) in [4.78, 5) is 15.2. The number of hydrogen-bond donors (Lipinski definition) is 1. The van der Waals surface area contributed by atoms with E-state index in [0.717, 1.165) is 9.37 Å². The van der Waals surface area contributed by atoms with E-state index < -0.39 is 0 Å². The minimum Gasteiger partial charge on any atom is -0.369 e. The maximum atomic E-state index is 12.6. The zero-order valence-corrected chi connectivity index (χ0v) is 13.8. The van der Waals surface area contributed by atoms with Crippen molar-refractivity contribution in [2.45, 2.75) is 37.4 Å². The normalized spacial score (nSPS) is 22.4. The Hall–Kier alpha value is -0.520. The van der Waals surface area contributed by atoms with Crippen molar-refractivity contribution in [2.24, 2.45) is 0 Å². The van der Waals surface area contributed by atoms with Crippen molar-refractivity contribution in [3.8, 4) is 0 Å². The third kappa shape index (κ3) is 3.52. The van der Waals surface area contributed by atoms with Gasteiger partial charge in [-0.05, 0) is 54.9 Å². The number of amides is 1. The molecule has 0 spiro atoms. The van der Waals surface area contributed by atoms with E-state index in [2.05, 4.69) is 28.6 Å². The van der Waals surface area contributed by atoms with Gasteiger partial charge in [0, 0.05) is 22.5 Å². The predicted octanol–water partition coefficient (Wildman–Crippen LogP) is 3.38. The first-order valence-electron chi connectivity index (χ1n) is 6.24. The molecule has 1 aliphatic rings. The van der Waals surface area contributed by atoms with Gasteiger partial charge in [-0.2, -0.15) is 0 Å². The Kier molecular flexibility index (Phi) is 4.28. The second kappa shape index (κ2) is 5.46. The quantitative estimate of drug-likeness (QED) is 0.792. The van der Waals surface area contributed by atoms with Crippen molar-refractivity contribution in [1.82, 2.24) is 4.90 Å². The van der Waals surface area contributed by atoms with Crippen LogP contribution in [0.4, 0.5) is 0 Å². The largest absolute Gasteiger partial charge is 0.369 e. The molecule has 0 bridgehead atoms. The highest BCUT2D eigenvalue weighted by Crippen LogP contribution is 2.26. The van der Waals surface area contributed by atoms with Crippen molar-refractivity contribution >= 4 is 34.5 Å². The van der Waals surface area contributed by atoms with Crippen molar-refractivity contribution in [1.29, 1.82) is 0 Å². The summed E-state index contributed by atoms with van der Waals surface area (Å²) in [5.41, 5.74) is 0.343. The Morgan fingerprint density at radius 2 is 2.21 bits per heavy atom. The molecule has 1 aromatic rings. The van der Waals surface area contributed by atoms with Gasteiger partial charge in [0.25, 0.3) is 5.91 Å². The van der Waals surface area contributed by atoms with E-state index in [1.807, 2.05) is 37.8 Å². The number of morpholine rings is 1. The molecule has 1 fully saturated rings. The van der Waals surface area contributed by atoms with Gasteiger partial charge in [0.05, 0.1) is 17.3 Å². The zero-order valence-electron chi connectivity index (χ0n) is 11.3. The van der Waals surface area contributed by atoms with E-state index in [9.17, 15) is 4.79 Å². The van der Waals surface area contributed by atoms with Crippen LogP contribution in [-0.4, -0.2) is 35.6 Å². The van der Waals surface area contributed by atoms with Crippen LogP contribution in [0.3, 0.4) is 0 Å². The summed E-state index contributed by atoms with van der Waals surface area (Å²) in [5.74, 6) is 0.0194. The average Bonchev–Trinajstić information content (AvgIpc) is 2.29. The second-order valence-electron chi connectivity index (χ2n) is 5.54. The molecule has 1 saturated heterocycles. The van der Waals surface area contributed by atoms with Gasteiger partial charge in [-0.3, -0.25) is 4.79 Å². The van der Waals surface area contributed by atoms with Crippen molar-refractivity contribution in [3.63, 3.8) is 0 Å². The predicted molar refractivity (Wildman–Crippen MR) is 81.9 cm³/mol. The molecule has 1 aromatic carbocycles. The van der Waals surface area contributed by atoms with E-state index in [-0.39, 0.29) is 17.6 Å². The van der Waals surface area contributed by atoms with Crippen molar-refractivity contribution < 1.29 is 9.53 Å². The Morgan fingerprint density at radius 3 is 2.84 bits per heavy atom. The standard InChI is InChI=1S/C14H18BrNO2S/c1-9-7-16(8-14(2,3)18-9)13(17)11-6-10(19)4-5-12(11)15/h4-6,9,19H,7-8H2,1-3H3. The van der Waals surface area contributed by atoms with Crippen LogP contribution in [0.15, 0.2) is 27.6 Å². The monoisotopic (exact) mass is 343 g/mol. The molecule has 0 aliphatic carbocycles. The van der Waals surface area contributed by atoms with Crippen LogP contribution in [0.5, 0.6) is 0 Å². The first kappa shape index (κ1) is 14.9. The van der Waals surface area contributed by atoms with Gasteiger partial charge in [-0.25, -0.2) is 0 Å². The van der Waals surface area contributed by atoms with E-state index in [0.29, 0.717) is 18.7 Å². The molecule has 1 heterocycles. The lowest BCUT2D eigenvalue weighted by Crippen LogP contribution is -2.53. The molecular weight excluding hydrogens is 326 g/mol. The lowest BCUT2D eigenvalue weighted by atomic mass is 10.0. The van der Waals surface area contributed by atoms with E-state index in [4.69, 9.17) is 4.74 Å². The summed E-state index contributed by atoms with van der Waals surface area (Å²) in [5, 5.41) is 0. The van der Waals surface area contributed by atoms with Gasteiger partial charge in [0.15, 0.2) is 0 Å². The van der Waals surface area contributed by atoms with E-state index in [1.54, 1.807) is 6.07 Å². The number of halogens is 1. The molecular formula is C14H18BrNO2S. The molecule has 0 aromatic heterocycles. The number of carbonyl (C=O) groups is 1. The number of carbonyl (C=O) groups excluding carboxylic acids is 1. The van der Waals surface area contributed by atoms with Gasteiger partial charge in [-0.1, -0.05) is 0 Å². The van der Waals surface area contributed by atoms with Crippen molar-refractivity contribution in [3.05, 3.63) is 28.2 Å². The minimum atomic E-state index is -0.307. The SMILES string of the molecule is CC1CN(C(=O)c2cc(S)ccc2Br)CC(C)(C)O1. The van der Waals surface area contributed by atoms with Gasteiger partial charge in [0.2, 0.25) is 0 Å². The summed E-state index contributed by atoms with van der Waals surface area (Å²) in [7, 11) is 0. The molecule has 1 aliphatic heterocycles. The Morgan fingerprint density at radius 1 is 1.53 bits per heavy atom. The Balaban J connectivity index is 2.26. The topological polar surface area (TPSA) is 29.5 Å². The highest BCUT2D eigenvalue weighted by molar-refractivity contribution is 9.10. The number of nitrogens with zero attached hydrogens (tertiary/aromatic N) is 1. The smallest absolute Gasteiger partial charge is 0.255 e. The maximum absolute atomic E-state index is 12.6. The average molecular weight is 344 g/mol. The molecule has 0 N–H and O–H groups in total. The molecule has 1 atom stereocenters. The van der Waals surface area contributed by atoms with Gasteiger partial charge >= 0.3 is 0 Å². The van der Waals surface area contributed by atoms with Gasteiger partial charge < -0.3 is 9.64 Å². The maximum Gasteiger partial charge on any atom is 0.255 e. The molecule has 104 valence electrons. The second-order valence-corrected chi connectivity index (χ2v) is 6.91. The van der Waals surface area contributed by atoms with Gasteiger partial charge in [0.1, 0.15) is 0 Å². The van der Waals surface area contributed by atoms with Crippen LogP contribution in [0, 0.1) is 0 Å². The molecule has 3 nitrogen and oxygen atoms in total. The van der Waals surface area contributed by atoms with E-state index in [1.165, 1.54) is 0 Å². The number of ether oxygens (including phenoxy) is 1. The lowest BCUT2D eigenvalue weighted by Gasteiger charge is -2.41. The summed E-state index contributed by atoms with van der Waals surface area (Å²) in [6.45, 7) is 7.22. The summed E-state index contributed by atoms with van der Waals surface area (Å²) in [6, 6.07) is 5.50. The first-order chi connectivity index (χ1) is 8.78. The van der Waals surface area contributed by atoms with Gasteiger partial charge in [-0.15, -0.1) is 12.6 Å². The molecule has 0 saturated carbocycles. The zero-order chi connectivity index (χ0) is 14.2. The van der Waals surface area contributed by atoms with Crippen LogP contribution in [0.1, 0.15) is 31.1 Å². The third-order valence-corrected chi connectivity index (χ3v) is 4.01. The summed E-state index contributed by atoms with van der Waals surface area (Å²) >= 11 is 7.72. The van der Waals surface area contributed by atoms with E-state index >= 15 is 0 Å². The third-order valence-electron chi connectivity index (χ3n) is 3.04. The summed E-state index contributed by atoms with van der Waals surface area (Å²) < 4.78 is 6.62. The molecule has 19 heavy (non-hydrogen) atoms. The minimum absolute atomic E-state index is 0.0194. The summed E-state index contributed by atoms with van der Waals surface area (Å²) in [6.07, 6.45) is 0.0469. The molecule has 1 unspecified atom stereocenters. The Labute approximate surface area is 127 Å².